The van der Waals surface area contributed by atoms with Gasteiger partial charge in [-0.3, -0.25) is 9.59 Å². The average Bonchev–Trinajstić information content (AvgIpc) is 3.14. The molecule has 3 fully saturated rings. The predicted molar refractivity (Wildman–Crippen MR) is 176 cm³/mol. The zero-order chi connectivity index (χ0) is 31.0. The van der Waals surface area contributed by atoms with Gasteiger partial charge in [-0.2, -0.15) is 0 Å². The molecule has 1 N–H and O–H groups in total. The van der Waals surface area contributed by atoms with E-state index in [1.165, 1.54) is 69.8 Å². The van der Waals surface area contributed by atoms with Crippen LogP contribution in [0.15, 0.2) is 11.6 Å². The molecule has 0 aromatic heterocycles. The summed E-state index contributed by atoms with van der Waals surface area (Å²) in [4.78, 5) is 24.5. The van der Waals surface area contributed by atoms with E-state index in [4.69, 9.17) is 4.43 Å². The first-order chi connectivity index (χ1) is 19.5. The zero-order valence-electron chi connectivity index (χ0n) is 28.6. The van der Waals surface area contributed by atoms with Crippen LogP contribution in [0.1, 0.15) is 144 Å². The minimum Gasteiger partial charge on any atom is -0.481 e. The molecule has 0 spiro atoms. The number of rotatable bonds is 13. The van der Waals surface area contributed by atoms with Crippen LogP contribution in [-0.4, -0.2) is 31.8 Å². The number of carboxylic acid groups (broad SMARTS) is 1. The van der Waals surface area contributed by atoms with Crippen LogP contribution < -0.4 is 0 Å². The van der Waals surface area contributed by atoms with Crippen LogP contribution in [0.2, 0.25) is 18.1 Å². The van der Waals surface area contributed by atoms with E-state index in [1.807, 2.05) is 0 Å². The number of ketones is 1. The Kier molecular flexibility index (Phi) is 10.4. The molecule has 0 heterocycles. The third kappa shape index (κ3) is 6.68. The lowest BCUT2D eigenvalue weighted by atomic mass is 9.43. The molecule has 0 aromatic rings. The van der Waals surface area contributed by atoms with Gasteiger partial charge in [0.05, 0.1) is 6.42 Å². The predicted octanol–water partition coefficient (Wildman–Crippen LogP) is 10.4. The summed E-state index contributed by atoms with van der Waals surface area (Å²) in [6, 6.07) is 0. The molecule has 5 heteroatoms. The number of carbonyl (C=O) groups excluding carboxylic acids is 1. The third-order valence-corrected chi connectivity index (χ3v) is 18.5. The van der Waals surface area contributed by atoms with Crippen LogP contribution in [0.4, 0.5) is 0 Å². The number of hydrogen-bond donors (Lipinski definition) is 1. The fourth-order valence-corrected chi connectivity index (χ4v) is 11.0. The van der Waals surface area contributed by atoms with E-state index in [9.17, 15) is 14.7 Å². The van der Waals surface area contributed by atoms with Crippen molar-refractivity contribution in [2.75, 3.05) is 6.61 Å². The Hall–Kier alpha value is -0.943. The van der Waals surface area contributed by atoms with Crippen molar-refractivity contribution in [3.05, 3.63) is 11.6 Å². The van der Waals surface area contributed by atoms with Gasteiger partial charge >= 0.3 is 5.97 Å². The fourth-order valence-electron chi connectivity index (χ4n) is 9.92. The Balaban J connectivity index is 1.32. The topological polar surface area (TPSA) is 63.6 Å². The van der Waals surface area contributed by atoms with E-state index in [0.29, 0.717) is 47.3 Å². The summed E-state index contributed by atoms with van der Waals surface area (Å²) in [5.74, 6) is 2.29. The highest BCUT2D eigenvalue weighted by Crippen LogP contribution is 2.71. The maximum atomic E-state index is 12.5. The summed E-state index contributed by atoms with van der Waals surface area (Å²) < 4.78 is 6.35. The number of hydrogen-bond acceptors (Lipinski definition) is 3. The first-order valence-electron chi connectivity index (χ1n) is 17.6. The van der Waals surface area contributed by atoms with Crippen LogP contribution in [0.25, 0.3) is 0 Å². The fraction of sp³-hybridized carbons (Fsp3) is 0.892. The maximum absolute atomic E-state index is 12.5. The summed E-state index contributed by atoms with van der Waals surface area (Å²) in [6.45, 7) is 19.8. The van der Waals surface area contributed by atoms with Crippen molar-refractivity contribution in [2.45, 2.75) is 162 Å². The smallest absolute Gasteiger partial charge is 0.303 e. The van der Waals surface area contributed by atoms with Gasteiger partial charge in [0.2, 0.25) is 0 Å². The molecular weight excluding hydrogens is 536 g/mol. The van der Waals surface area contributed by atoms with Gasteiger partial charge in [0.25, 0.3) is 0 Å². The largest absolute Gasteiger partial charge is 0.481 e. The van der Waals surface area contributed by atoms with Crippen molar-refractivity contribution < 1.29 is 19.1 Å². The van der Waals surface area contributed by atoms with E-state index in [-0.39, 0.29) is 16.2 Å². The van der Waals surface area contributed by atoms with Gasteiger partial charge in [0, 0.05) is 13.0 Å². The molecule has 240 valence electrons. The molecule has 42 heavy (non-hydrogen) atoms. The van der Waals surface area contributed by atoms with Gasteiger partial charge in [-0.15, -0.1) is 0 Å². The molecule has 0 bridgehead atoms. The summed E-state index contributed by atoms with van der Waals surface area (Å²) in [7, 11) is -1.62. The third-order valence-electron chi connectivity index (χ3n) is 13.9. The van der Waals surface area contributed by atoms with Gasteiger partial charge in [0.1, 0.15) is 0 Å². The standard InChI is InChI=1S/C37H64O4Si/c1-34(2,3)42(7,8)41-23-15-13-11-9-10-12-14-16-27-24-28-25-29(38)17-21-36(28,5)30-19-22-37(6)31(33(27)30)18-20-35(37,4)26-32(39)40/h25,27,30-31,33H,9-24,26H2,1-8H3,(H,39,40)/t27-,30?,31?,33?,35+,36-,37-/m0/s1. The molecule has 0 radical (unpaired) electrons. The Morgan fingerprint density at radius 3 is 2.21 bits per heavy atom. The maximum Gasteiger partial charge on any atom is 0.303 e. The van der Waals surface area contributed by atoms with Crippen molar-refractivity contribution in [1.29, 1.82) is 0 Å². The van der Waals surface area contributed by atoms with Crippen molar-refractivity contribution in [2.24, 2.45) is 39.9 Å². The van der Waals surface area contributed by atoms with Crippen LogP contribution in [-0.2, 0) is 14.0 Å². The van der Waals surface area contributed by atoms with Crippen LogP contribution >= 0.6 is 0 Å². The Morgan fingerprint density at radius 2 is 1.57 bits per heavy atom. The van der Waals surface area contributed by atoms with Crippen LogP contribution in [0.5, 0.6) is 0 Å². The van der Waals surface area contributed by atoms with E-state index < -0.39 is 14.3 Å². The van der Waals surface area contributed by atoms with Crippen LogP contribution in [0.3, 0.4) is 0 Å². The summed E-state index contributed by atoms with van der Waals surface area (Å²) in [5, 5.41) is 10.1. The van der Waals surface area contributed by atoms with E-state index in [0.717, 1.165) is 32.3 Å². The average molecular weight is 601 g/mol. The van der Waals surface area contributed by atoms with Crippen molar-refractivity contribution in [3.63, 3.8) is 0 Å². The molecule has 0 aliphatic heterocycles. The molecule has 7 atom stereocenters. The highest BCUT2D eigenvalue weighted by atomic mass is 28.4. The molecule has 0 amide bonds. The number of aliphatic carboxylic acids is 1. The highest BCUT2D eigenvalue weighted by Gasteiger charge is 2.64. The van der Waals surface area contributed by atoms with Crippen LogP contribution in [0, 0.1) is 39.9 Å². The molecule has 4 aliphatic carbocycles. The van der Waals surface area contributed by atoms with E-state index >= 15 is 0 Å². The minimum absolute atomic E-state index is 0.103. The molecule has 0 saturated heterocycles. The molecule has 3 unspecified atom stereocenters. The van der Waals surface area contributed by atoms with Crippen molar-refractivity contribution >= 4 is 20.1 Å². The molecule has 3 saturated carbocycles. The summed E-state index contributed by atoms with van der Waals surface area (Å²) >= 11 is 0. The van der Waals surface area contributed by atoms with Gasteiger partial charge < -0.3 is 9.53 Å². The second-order valence-electron chi connectivity index (χ2n) is 17.3. The Labute approximate surface area is 259 Å². The Bertz CT molecular complexity index is 1010. The second kappa shape index (κ2) is 12.8. The number of fused-ring (bicyclic) bond motifs is 5. The van der Waals surface area contributed by atoms with Gasteiger partial charge in [-0.05, 0) is 115 Å². The lowest BCUT2D eigenvalue weighted by Gasteiger charge is -2.62. The SMILES string of the molecule is CC(C)(C)[Si](C)(C)OCCCCCCCCC[C@H]1CC2=CC(=O)CC[C@]2(C)C2CC[C@@]3(C)C(CC[C@]3(C)CC(=O)O)C21. The monoisotopic (exact) mass is 600 g/mol. The number of carbonyl (C=O) groups is 2. The summed E-state index contributed by atoms with van der Waals surface area (Å²) in [5.41, 5.74) is 1.63. The molecule has 4 nitrogen and oxygen atoms in total. The Morgan fingerprint density at radius 1 is 0.952 bits per heavy atom. The zero-order valence-corrected chi connectivity index (χ0v) is 29.6. The number of allylic oxidation sites excluding steroid dienone is 1. The van der Waals surface area contributed by atoms with Gasteiger partial charge in [-0.25, -0.2) is 0 Å². The highest BCUT2D eigenvalue weighted by molar-refractivity contribution is 6.74. The van der Waals surface area contributed by atoms with E-state index in [2.05, 4.69) is 60.7 Å². The normalized spacial score (nSPS) is 36.7. The van der Waals surface area contributed by atoms with Crippen molar-refractivity contribution in [3.8, 4) is 0 Å². The number of unbranched alkanes of at least 4 members (excludes halogenated alkanes) is 6. The molecule has 4 aliphatic rings. The van der Waals surface area contributed by atoms with E-state index in [1.54, 1.807) is 0 Å². The minimum atomic E-state index is -1.62. The first-order valence-corrected chi connectivity index (χ1v) is 20.5. The molecule has 4 rings (SSSR count). The molecule has 0 aromatic carbocycles. The van der Waals surface area contributed by atoms with Gasteiger partial charge in [0.15, 0.2) is 14.1 Å². The quantitative estimate of drug-likeness (QED) is 0.169. The molecular formula is C37H64O4Si. The summed E-state index contributed by atoms with van der Waals surface area (Å²) in [6.07, 6.45) is 20.0. The lowest BCUT2D eigenvalue weighted by Crippen LogP contribution is -2.55. The van der Waals surface area contributed by atoms with Crippen molar-refractivity contribution in [1.82, 2.24) is 0 Å². The van der Waals surface area contributed by atoms with Gasteiger partial charge in [-0.1, -0.05) is 85.6 Å². The number of carboxylic acids is 1. The lowest BCUT2D eigenvalue weighted by molar-refractivity contribution is -0.145. The first kappa shape index (κ1) is 33.9. The second-order valence-corrected chi connectivity index (χ2v) is 22.1.